The SMILES string of the molecule is CSNC(=O)c1nc(N(Cc2ccccc2)c2ccccc2OC(F)(F)F)sc1C. The Kier molecular flexibility index (Phi) is 6.88. The van der Waals surface area contributed by atoms with Crippen LogP contribution in [0, 0.1) is 6.92 Å². The molecule has 0 aliphatic carbocycles. The highest BCUT2D eigenvalue weighted by Crippen LogP contribution is 2.39. The molecule has 0 saturated heterocycles. The molecular weight excluding hydrogens is 435 g/mol. The molecule has 30 heavy (non-hydrogen) atoms. The molecule has 158 valence electrons. The number of carbonyl (C=O) groups is 1. The fourth-order valence-electron chi connectivity index (χ4n) is 2.76. The minimum atomic E-state index is -4.84. The van der Waals surface area contributed by atoms with Crippen LogP contribution in [0.5, 0.6) is 5.75 Å². The Morgan fingerprint density at radius 2 is 1.83 bits per heavy atom. The van der Waals surface area contributed by atoms with Gasteiger partial charge in [-0.2, -0.15) is 0 Å². The van der Waals surface area contributed by atoms with E-state index < -0.39 is 6.36 Å². The number of ether oxygens (including phenoxy) is 1. The Hall–Kier alpha value is -2.72. The topological polar surface area (TPSA) is 54.5 Å². The Bertz CT molecular complexity index is 1010. The fourth-order valence-corrected chi connectivity index (χ4v) is 3.96. The van der Waals surface area contributed by atoms with Crippen LogP contribution >= 0.6 is 23.3 Å². The maximum Gasteiger partial charge on any atom is 0.573 e. The second-order valence-electron chi connectivity index (χ2n) is 6.12. The number of rotatable bonds is 7. The summed E-state index contributed by atoms with van der Waals surface area (Å²) in [6.45, 7) is 1.99. The van der Waals surface area contributed by atoms with Crippen LogP contribution in [0.3, 0.4) is 0 Å². The summed E-state index contributed by atoms with van der Waals surface area (Å²) in [5, 5.41) is 0.390. The van der Waals surface area contributed by atoms with Crippen molar-refractivity contribution in [3.05, 3.63) is 70.7 Å². The van der Waals surface area contributed by atoms with E-state index >= 15 is 0 Å². The van der Waals surface area contributed by atoms with Gasteiger partial charge in [0.05, 0.1) is 12.2 Å². The van der Waals surface area contributed by atoms with E-state index in [0.717, 1.165) is 17.5 Å². The standard InChI is InChI=1S/C20H18F3N3O2S2/c1-13-17(18(27)25-29-2)24-19(30-13)26(12-14-8-4-3-5-9-14)15-10-6-7-11-16(15)28-20(21,22)23/h3-11H,12H2,1-2H3,(H,25,27). The highest BCUT2D eigenvalue weighted by Gasteiger charge is 2.33. The lowest BCUT2D eigenvalue weighted by molar-refractivity contribution is -0.274. The van der Waals surface area contributed by atoms with Gasteiger partial charge in [0.2, 0.25) is 0 Å². The number of nitrogens with one attached hydrogen (secondary N) is 1. The van der Waals surface area contributed by atoms with Gasteiger partial charge in [-0.25, -0.2) is 4.98 Å². The molecule has 0 fully saturated rings. The van der Waals surface area contributed by atoms with Crippen molar-refractivity contribution in [2.75, 3.05) is 11.2 Å². The number of aryl methyl sites for hydroxylation is 1. The quantitative estimate of drug-likeness (QED) is 0.466. The lowest BCUT2D eigenvalue weighted by Gasteiger charge is -2.25. The first-order valence-corrected chi connectivity index (χ1v) is 10.8. The van der Waals surface area contributed by atoms with Crippen LogP contribution < -0.4 is 14.4 Å². The van der Waals surface area contributed by atoms with Gasteiger partial charge in [-0.15, -0.1) is 24.5 Å². The third-order valence-electron chi connectivity index (χ3n) is 3.99. The molecule has 0 saturated carbocycles. The molecule has 1 heterocycles. The molecule has 10 heteroatoms. The molecule has 5 nitrogen and oxygen atoms in total. The van der Waals surface area contributed by atoms with Gasteiger partial charge in [0.15, 0.2) is 10.9 Å². The van der Waals surface area contributed by atoms with Gasteiger partial charge in [-0.3, -0.25) is 9.52 Å². The van der Waals surface area contributed by atoms with E-state index in [1.165, 1.54) is 29.5 Å². The average molecular weight is 454 g/mol. The monoisotopic (exact) mass is 453 g/mol. The number of alkyl halides is 3. The minimum absolute atomic E-state index is 0.198. The average Bonchev–Trinajstić information content (AvgIpc) is 3.08. The molecule has 0 spiro atoms. The fraction of sp³-hybridized carbons (Fsp3) is 0.200. The largest absolute Gasteiger partial charge is 0.573 e. The number of thiazole rings is 1. The molecule has 2 aromatic carbocycles. The van der Waals surface area contributed by atoms with Crippen LogP contribution in [0.15, 0.2) is 54.6 Å². The predicted molar refractivity (Wildman–Crippen MR) is 113 cm³/mol. The summed E-state index contributed by atoms with van der Waals surface area (Å²) in [6.07, 6.45) is -3.12. The third kappa shape index (κ3) is 5.45. The van der Waals surface area contributed by atoms with E-state index in [9.17, 15) is 18.0 Å². The van der Waals surface area contributed by atoms with Crippen molar-refractivity contribution < 1.29 is 22.7 Å². The number of benzene rings is 2. The summed E-state index contributed by atoms with van der Waals surface area (Å²) in [5.41, 5.74) is 1.29. The van der Waals surface area contributed by atoms with Gasteiger partial charge in [-0.1, -0.05) is 54.4 Å². The Morgan fingerprint density at radius 1 is 1.17 bits per heavy atom. The summed E-state index contributed by atoms with van der Waals surface area (Å²) in [4.78, 5) is 19.0. The summed E-state index contributed by atoms with van der Waals surface area (Å²) in [5.74, 6) is -0.703. The molecule has 1 N–H and O–H groups in total. The Labute approximate surface area is 180 Å². The Balaban J connectivity index is 2.07. The molecule has 0 radical (unpaired) electrons. The van der Waals surface area contributed by atoms with Crippen LogP contribution in [0.4, 0.5) is 24.0 Å². The van der Waals surface area contributed by atoms with Crippen molar-refractivity contribution >= 4 is 40.0 Å². The number of para-hydroxylation sites is 2. The number of hydrogen-bond acceptors (Lipinski definition) is 6. The first kappa shape index (κ1) is 22.0. The maximum atomic E-state index is 13.0. The van der Waals surface area contributed by atoms with Gasteiger partial charge in [0, 0.05) is 11.1 Å². The zero-order valence-corrected chi connectivity index (χ0v) is 17.7. The van der Waals surface area contributed by atoms with Crippen LogP contribution in [0.25, 0.3) is 0 Å². The first-order chi connectivity index (χ1) is 14.3. The minimum Gasteiger partial charge on any atom is -0.404 e. The van der Waals surface area contributed by atoms with Gasteiger partial charge in [0.1, 0.15) is 5.69 Å². The van der Waals surface area contributed by atoms with Crippen LogP contribution in [0.1, 0.15) is 20.9 Å². The van der Waals surface area contributed by atoms with Gasteiger partial charge in [0.25, 0.3) is 5.91 Å². The smallest absolute Gasteiger partial charge is 0.404 e. The number of aromatic nitrogens is 1. The van der Waals surface area contributed by atoms with E-state index in [2.05, 4.69) is 14.4 Å². The summed E-state index contributed by atoms with van der Waals surface area (Å²) < 4.78 is 45.8. The lowest BCUT2D eigenvalue weighted by atomic mass is 10.2. The first-order valence-electron chi connectivity index (χ1n) is 8.75. The van der Waals surface area contributed by atoms with Crippen molar-refractivity contribution in [1.82, 2.24) is 9.71 Å². The predicted octanol–water partition coefficient (Wildman–Crippen LogP) is 5.70. The van der Waals surface area contributed by atoms with Crippen molar-refractivity contribution in [3.8, 4) is 5.75 Å². The molecular formula is C20H18F3N3O2S2. The van der Waals surface area contributed by atoms with E-state index in [-0.39, 0.29) is 29.6 Å². The Morgan fingerprint density at radius 3 is 2.50 bits per heavy atom. The number of hydrogen-bond donors (Lipinski definition) is 1. The van der Waals surface area contributed by atoms with Gasteiger partial charge in [-0.05, 0) is 24.6 Å². The number of halogens is 3. The van der Waals surface area contributed by atoms with Gasteiger partial charge >= 0.3 is 6.36 Å². The van der Waals surface area contributed by atoms with Crippen molar-refractivity contribution in [2.45, 2.75) is 19.8 Å². The van der Waals surface area contributed by atoms with Crippen molar-refractivity contribution in [2.24, 2.45) is 0 Å². The second-order valence-corrected chi connectivity index (χ2v) is 7.92. The van der Waals surface area contributed by atoms with E-state index in [1.54, 1.807) is 24.1 Å². The number of amides is 1. The highest BCUT2D eigenvalue weighted by atomic mass is 32.2. The molecule has 1 amide bonds. The highest BCUT2D eigenvalue weighted by molar-refractivity contribution is 7.97. The van der Waals surface area contributed by atoms with Gasteiger partial charge < -0.3 is 9.64 Å². The zero-order chi connectivity index (χ0) is 21.7. The summed E-state index contributed by atoms with van der Waals surface area (Å²) >= 11 is 2.37. The number of nitrogens with zero attached hydrogens (tertiary/aromatic N) is 2. The molecule has 3 aromatic rings. The zero-order valence-electron chi connectivity index (χ0n) is 16.1. The van der Waals surface area contributed by atoms with Crippen LogP contribution in [-0.4, -0.2) is 23.5 Å². The molecule has 0 bridgehead atoms. The summed E-state index contributed by atoms with van der Waals surface area (Å²) in [7, 11) is 0. The van der Waals surface area contributed by atoms with E-state index in [4.69, 9.17) is 0 Å². The van der Waals surface area contributed by atoms with Crippen molar-refractivity contribution in [3.63, 3.8) is 0 Å². The third-order valence-corrected chi connectivity index (χ3v) is 5.37. The molecule has 0 aliphatic heterocycles. The maximum absolute atomic E-state index is 13.0. The molecule has 0 atom stereocenters. The van der Waals surface area contributed by atoms with Crippen LogP contribution in [-0.2, 0) is 6.54 Å². The normalized spacial score (nSPS) is 11.2. The lowest BCUT2D eigenvalue weighted by Crippen LogP contribution is -2.22. The molecule has 0 aliphatic rings. The number of carbonyl (C=O) groups excluding carboxylic acids is 1. The van der Waals surface area contributed by atoms with Crippen LogP contribution in [0.2, 0.25) is 0 Å². The van der Waals surface area contributed by atoms with E-state index in [0.29, 0.717) is 10.0 Å². The molecule has 0 unspecified atom stereocenters. The number of anilines is 2. The van der Waals surface area contributed by atoms with Crippen molar-refractivity contribution in [1.29, 1.82) is 0 Å². The van der Waals surface area contributed by atoms with E-state index in [1.807, 2.05) is 30.3 Å². The molecule has 3 rings (SSSR count). The second kappa shape index (κ2) is 9.40. The molecule has 1 aromatic heterocycles. The summed E-state index contributed by atoms with van der Waals surface area (Å²) in [6, 6.07) is 15.1.